The maximum absolute atomic E-state index is 10.4. The summed E-state index contributed by atoms with van der Waals surface area (Å²) in [5.74, 6) is 0.322. The molecule has 0 bridgehead atoms. The largest absolute Gasteiger partial charge is 0.493 e. The van der Waals surface area contributed by atoms with Crippen LogP contribution in [0.25, 0.3) is 10.9 Å². The van der Waals surface area contributed by atoms with E-state index in [0.29, 0.717) is 22.3 Å². The monoisotopic (exact) mass is 348 g/mol. The first-order chi connectivity index (χ1) is 11.0. The molecule has 2 heterocycles. The molecule has 3 rings (SSSR count). The molecule has 0 fully saturated rings. The maximum Gasteiger partial charge on any atom is 0.220 e. The molecule has 3 aromatic rings. The summed E-state index contributed by atoms with van der Waals surface area (Å²) in [5.41, 5.74) is 2.38. The van der Waals surface area contributed by atoms with Crippen molar-refractivity contribution < 1.29 is 5.11 Å². The van der Waals surface area contributed by atoms with Gasteiger partial charge >= 0.3 is 0 Å². The number of aromatic nitrogens is 2. The van der Waals surface area contributed by atoms with E-state index in [9.17, 15) is 5.11 Å². The second-order valence-electron chi connectivity index (χ2n) is 5.10. The summed E-state index contributed by atoms with van der Waals surface area (Å²) in [5, 5.41) is 20.2. The van der Waals surface area contributed by atoms with Crippen molar-refractivity contribution in [2.75, 3.05) is 0 Å². The molecule has 0 unspecified atom stereocenters. The lowest BCUT2D eigenvalue weighted by Gasteiger charge is -2.01. The molecule has 0 saturated heterocycles. The number of pyridine rings is 1. The van der Waals surface area contributed by atoms with Crippen molar-refractivity contribution in [1.82, 2.24) is 9.55 Å². The Balaban J connectivity index is 2.14. The Morgan fingerprint density at radius 1 is 1.22 bits per heavy atom. The fourth-order valence-corrected chi connectivity index (χ4v) is 2.85. The van der Waals surface area contributed by atoms with Crippen molar-refractivity contribution in [2.24, 2.45) is 10.2 Å². The van der Waals surface area contributed by atoms with Crippen LogP contribution in [-0.2, 0) is 6.54 Å². The summed E-state index contributed by atoms with van der Waals surface area (Å²) >= 11 is 11.9. The van der Waals surface area contributed by atoms with Gasteiger partial charge in [-0.1, -0.05) is 34.8 Å². The van der Waals surface area contributed by atoms with E-state index in [-0.39, 0.29) is 11.7 Å². The Hall–Kier alpha value is -2.11. The first kappa shape index (κ1) is 15.8. The normalized spacial score (nSPS) is 11.7. The molecule has 0 amide bonds. The minimum absolute atomic E-state index is 0.0712. The van der Waals surface area contributed by atoms with Crippen LogP contribution in [0.15, 0.2) is 40.7 Å². The molecule has 23 heavy (non-hydrogen) atoms. The Morgan fingerprint density at radius 2 is 2.00 bits per heavy atom. The highest BCUT2D eigenvalue weighted by molar-refractivity contribution is 6.35. The molecule has 0 aliphatic carbocycles. The van der Waals surface area contributed by atoms with E-state index in [4.69, 9.17) is 23.2 Å². The smallest absolute Gasteiger partial charge is 0.220 e. The van der Waals surface area contributed by atoms with Crippen molar-refractivity contribution in [3.05, 3.63) is 46.1 Å². The second-order valence-corrected chi connectivity index (χ2v) is 5.94. The Morgan fingerprint density at radius 3 is 2.70 bits per heavy atom. The minimum atomic E-state index is 0.0712. The molecule has 5 nitrogen and oxygen atoms in total. The Kier molecular flexibility index (Phi) is 4.24. The zero-order chi connectivity index (χ0) is 16.6. The van der Waals surface area contributed by atoms with Crippen molar-refractivity contribution >= 4 is 45.6 Å². The second kappa shape index (κ2) is 6.18. The minimum Gasteiger partial charge on any atom is -0.493 e. The van der Waals surface area contributed by atoms with E-state index in [1.54, 1.807) is 10.6 Å². The highest BCUT2D eigenvalue weighted by Crippen LogP contribution is 2.40. The van der Waals surface area contributed by atoms with Gasteiger partial charge in [-0.05, 0) is 32.0 Å². The third-order valence-electron chi connectivity index (χ3n) is 3.51. The van der Waals surface area contributed by atoms with Crippen LogP contribution < -0.4 is 0 Å². The van der Waals surface area contributed by atoms with Gasteiger partial charge in [-0.15, -0.1) is 10.2 Å². The number of aryl methyl sites for hydroxylation is 2. The molecule has 1 N–H and O–H groups in total. The number of hydrogen-bond acceptors (Lipinski definition) is 4. The summed E-state index contributed by atoms with van der Waals surface area (Å²) in [6.45, 7) is 4.57. The quantitative estimate of drug-likeness (QED) is 0.608. The first-order valence-electron chi connectivity index (χ1n) is 7.06. The lowest BCUT2D eigenvalue weighted by molar-refractivity contribution is 0.427. The van der Waals surface area contributed by atoms with Crippen LogP contribution >= 0.6 is 23.2 Å². The van der Waals surface area contributed by atoms with Crippen LogP contribution in [0.4, 0.5) is 11.5 Å². The molecule has 2 aromatic heterocycles. The number of nitrogens with zero attached hydrogens (tertiary/aromatic N) is 4. The number of aromatic hydroxyl groups is 1. The van der Waals surface area contributed by atoms with Gasteiger partial charge in [-0.3, -0.25) is 0 Å². The molecule has 0 saturated carbocycles. The SMILES string of the molecule is CCn1c(O)c(N=Nc2ncc(Cl)cc2Cl)c2cc(C)ccc21. The molecule has 0 aliphatic rings. The van der Waals surface area contributed by atoms with Crippen LogP contribution in [0.5, 0.6) is 5.88 Å². The summed E-state index contributed by atoms with van der Waals surface area (Å²) in [4.78, 5) is 4.03. The van der Waals surface area contributed by atoms with Crippen LogP contribution in [0.1, 0.15) is 12.5 Å². The molecule has 0 aliphatic heterocycles. The lowest BCUT2D eigenvalue weighted by atomic mass is 10.1. The van der Waals surface area contributed by atoms with E-state index < -0.39 is 0 Å². The summed E-state index contributed by atoms with van der Waals surface area (Å²) in [7, 11) is 0. The van der Waals surface area contributed by atoms with E-state index in [2.05, 4.69) is 15.2 Å². The van der Waals surface area contributed by atoms with Crippen molar-refractivity contribution in [3.8, 4) is 5.88 Å². The Labute approximate surface area is 143 Å². The molecular weight excluding hydrogens is 335 g/mol. The number of fused-ring (bicyclic) bond motifs is 1. The molecule has 7 heteroatoms. The third-order valence-corrected chi connectivity index (χ3v) is 4.00. The predicted octanol–water partition coefficient (Wildman–Crippen LogP) is 5.79. The van der Waals surface area contributed by atoms with Gasteiger partial charge in [-0.25, -0.2) is 4.98 Å². The number of halogens is 2. The van der Waals surface area contributed by atoms with Gasteiger partial charge in [0.25, 0.3) is 0 Å². The molecule has 0 spiro atoms. The van der Waals surface area contributed by atoms with Crippen LogP contribution in [0, 0.1) is 6.92 Å². The van der Waals surface area contributed by atoms with Crippen molar-refractivity contribution in [2.45, 2.75) is 20.4 Å². The van der Waals surface area contributed by atoms with E-state index in [1.165, 1.54) is 6.20 Å². The summed E-state index contributed by atoms with van der Waals surface area (Å²) in [6, 6.07) is 7.46. The molecule has 0 radical (unpaired) electrons. The fourth-order valence-electron chi connectivity index (χ4n) is 2.43. The molecule has 118 valence electrons. The van der Waals surface area contributed by atoms with Gasteiger partial charge in [0, 0.05) is 18.1 Å². The van der Waals surface area contributed by atoms with Crippen LogP contribution in [0.2, 0.25) is 10.0 Å². The number of rotatable bonds is 3. The molecular formula is C16H14Cl2N4O. The zero-order valence-corrected chi connectivity index (χ0v) is 14.1. The highest BCUT2D eigenvalue weighted by atomic mass is 35.5. The number of hydrogen-bond donors (Lipinski definition) is 1. The van der Waals surface area contributed by atoms with E-state index in [0.717, 1.165) is 16.5 Å². The van der Waals surface area contributed by atoms with Gasteiger partial charge in [0.15, 0.2) is 11.5 Å². The van der Waals surface area contributed by atoms with Gasteiger partial charge in [-0.2, -0.15) is 0 Å². The lowest BCUT2D eigenvalue weighted by Crippen LogP contribution is -1.91. The first-order valence-corrected chi connectivity index (χ1v) is 7.81. The highest BCUT2D eigenvalue weighted by Gasteiger charge is 2.16. The van der Waals surface area contributed by atoms with Crippen LogP contribution in [-0.4, -0.2) is 14.7 Å². The summed E-state index contributed by atoms with van der Waals surface area (Å²) in [6.07, 6.45) is 1.45. The molecule has 0 atom stereocenters. The Bertz CT molecular complexity index is 918. The van der Waals surface area contributed by atoms with Gasteiger partial charge in [0.05, 0.1) is 15.6 Å². The van der Waals surface area contributed by atoms with Crippen molar-refractivity contribution in [3.63, 3.8) is 0 Å². The van der Waals surface area contributed by atoms with Gasteiger partial charge in [0.2, 0.25) is 5.88 Å². The maximum atomic E-state index is 10.4. The van der Waals surface area contributed by atoms with Gasteiger partial charge < -0.3 is 9.67 Å². The zero-order valence-electron chi connectivity index (χ0n) is 12.6. The standard InChI is InChI=1S/C16H14Cl2N4O/c1-3-22-13-5-4-9(2)6-11(13)14(16(22)23)20-21-15-12(18)7-10(17)8-19-15/h4-8,23H,3H2,1-2H3. The third kappa shape index (κ3) is 2.90. The number of azo groups is 1. The topological polar surface area (TPSA) is 62.8 Å². The van der Waals surface area contributed by atoms with Crippen LogP contribution in [0.3, 0.4) is 0 Å². The van der Waals surface area contributed by atoms with Crippen molar-refractivity contribution in [1.29, 1.82) is 0 Å². The predicted molar refractivity (Wildman–Crippen MR) is 92.4 cm³/mol. The van der Waals surface area contributed by atoms with Gasteiger partial charge in [0.1, 0.15) is 0 Å². The average molecular weight is 349 g/mol. The fraction of sp³-hybridized carbons (Fsp3) is 0.188. The number of benzene rings is 1. The molecule has 1 aromatic carbocycles. The average Bonchev–Trinajstić information content (AvgIpc) is 2.77. The van der Waals surface area contributed by atoms with E-state index in [1.807, 2.05) is 32.0 Å². The summed E-state index contributed by atoms with van der Waals surface area (Å²) < 4.78 is 1.78. The van der Waals surface area contributed by atoms with E-state index >= 15 is 0 Å².